The Bertz CT molecular complexity index is 1380. The second-order valence-corrected chi connectivity index (χ2v) is 9.00. The molecule has 2 aromatic carbocycles. The molecule has 0 saturated heterocycles. The average molecular weight is 476 g/mol. The quantitative estimate of drug-likeness (QED) is 0.626. The normalized spacial score (nSPS) is 22.5. The topological polar surface area (TPSA) is 119 Å². The van der Waals surface area contributed by atoms with Crippen LogP contribution in [-0.4, -0.2) is 34.2 Å². The van der Waals surface area contributed by atoms with E-state index in [1.807, 2.05) is 19.1 Å². The highest BCUT2D eigenvalue weighted by atomic mass is 16.5. The molecular formula is C27H24O8. The smallest absolute Gasteiger partial charge is 0.188 e. The van der Waals surface area contributed by atoms with Crippen LogP contribution < -0.4 is 14.2 Å². The fourth-order valence-electron chi connectivity index (χ4n) is 5.01. The predicted octanol–water partition coefficient (Wildman–Crippen LogP) is 4.32. The molecule has 3 aliphatic rings. The fourth-order valence-corrected chi connectivity index (χ4v) is 5.01. The molecule has 1 aliphatic carbocycles. The minimum absolute atomic E-state index is 0.0120. The Morgan fingerprint density at radius 1 is 1.17 bits per heavy atom. The maximum atomic E-state index is 13.4. The third-order valence-corrected chi connectivity index (χ3v) is 6.85. The fraction of sp³-hybridized carbons (Fsp3) is 0.296. The van der Waals surface area contributed by atoms with E-state index in [0.717, 1.165) is 5.56 Å². The molecule has 2 aliphatic heterocycles. The third kappa shape index (κ3) is 3.09. The van der Waals surface area contributed by atoms with E-state index < -0.39 is 28.8 Å². The summed E-state index contributed by atoms with van der Waals surface area (Å²) in [5.41, 5.74) is -0.672. The lowest BCUT2D eigenvalue weighted by Gasteiger charge is -2.30. The average Bonchev–Trinajstić information content (AvgIpc) is 3.11. The van der Waals surface area contributed by atoms with Crippen molar-refractivity contribution >= 4 is 17.3 Å². The third-order valence-electron chi connectivity index (χ3n) is 6.85. The summed E-state index contributed by atoms with van der Waals surface area (Å²) >= 11 is 0. The second kappa shape index (κ2) is 7.73. The van der Waals surface area contributed by atoms with Crippen molar-refractivity contribution in [1.29, 1.82) is 0 Å². The highest BCUT2D eigenvalue weighted by Crippen LogP contribution is 2.59. The number of phenolic OH excluding ortho intramolecular Hbond substituents is 1. The number of benzene rings is 2. The van der Waals surface area contributed by atoms with Gasteiger partial charge in [0.05, 0.1) is 18.6 Å². The molecule has 2 atom stereocenters. The highest BCUT2D eigenvalue weighted by molar-refractivity contribution is 6.26. The van der Waals surface area contributed by atoms with Crippen LogP contribution in [0.2, 0.25) is 0 Å². The van der Waals surface area contributed by atoms with Crippen LogP contribution in [0.1, 0.15) is 60.3 Å². The van der Waals surface area contributed by atoms with Crippen LogP contribution >= 0.6 is 0 Å². The Morgan fingerprint density at radius 3 is 2.49 bits per heavy atom. The summed E-state index contributed by atoms with van der Waals surface area (Å²) < 4.78 is 17.6. The van der Waals surface area contributed by atoms with Crippen molar-refractivity contribution in [2.24, 2.45) is 0 Å². The van der Waals surface area contributed by atoms with Crippen LogP contribution in [0.3, 0.4) is 0 Å². The van der Waals surface area contributed by atoms with Gasteiger partial charge < -0.3 is 24.4 Å². The number of aliphatic hydroxyl groups excluding tert-OH is 1. The molecule has 0 spiro atoms. The molecule has 1 unspecified atom stereocenters. The van der Waals surface area contributed by atoms with E-state index in [1.165, 1.54) is 19.9 Å². The number of hydrogen-bond acceptors (Lipinski definition) is 8. The number of aromatic hydroxyl groups is 1. The number of phenols is 1. The number of fused-ring (bicyclic) bond motifs is 5. The first-order chi connectivity index (χ1) is 16.6. The number of ketones is 3. The van der Waals surface area contributed by atoms with Gasteiger partial charge in [0.25, 0.3) is 0 Å². The van der Waals surface area contributed by atoms with Crippen LogP contribution in [0.25, 0.3) is 0 Å². The van der Waals surface area contributed by atoms with E-state index in [9.17, 15) is 24.6 Å². The summed E-state index contributed by atoms with van der Waals surface area (Å²) in [5.74, 6) is -1.43. The zero-order chi connectivity index (χ0) is 25.2. The number of carbonyl (C=O) groups is 3. The summed E-state index contributed by atoms with van der Waals surface area (Å²) in [4.78, 5) is 38.9. The van der Waals surface area contributed by atoms with Crippen molar-refractivity contribution in [2.75, 3.05) is 6.61 Å². The van der Waals surface area contributed by atoms with Crippen molar-refractivity contribution in [3.63, 3.8) is 0 Å². The van der Waals surface area contributed by atoms with E-state index in [4.69, 9.17) is 14.2 Å². The number of hydrogen-bond donors (Lipinski definition) is 2. The van der Waals surface area contributed by atoms with Crippen LogP contribution in [0.5, 0.6) is 23.0 Å². The van der Waals surface area contributed by atoms with E-state index >= 15 is 0 Å². The molecule has 2 aromatic rings. The minimum Gasteiger partial charge on any atom is -0.507 e. The molecule has 35 heavy (non-hydrogen) atoms. The van der Waals surface area contributed by atoms with Gasteiger partial charge >= 0.3 is 0 Å². The zero-order valence-electron chi connectivity index (χ0n) is 19.7. The van der Waals surface area contributed by atoms with Crippen LogP contribution in [0, 0.1) is 6.92 Å². The van der Waals surface area contributed by atoms with Gasteiger partial charge in [0.15, 0.2) is 17.3 Å². The Hall–Kier alpha value is -4.07. The van der Waals surface area contributed by atoms with Gasteiger partial charge in [-0.2, -0.15) is 0 Å². The molecule has 0 amide bonds. The first-order valence-electron chi connectivity index (χ1n) is 11.3. The molecule has 0 radical (unpaired) electrons. The molecule has 0 bridgehead atoms. The molecule has 0 fully saturated rings. The molecule has 0 saturated carbocycles. The van der Waals surface area contributed by atoms with Gasteiger partial charge in [0, 0.05) is 11.6 Å². The first kappa shape index (κ1) is 22.7. The minimum atomic E-state index is -1.57. The van der Waals surface area contributed by atoms with Crippen molar-refractivity contribution in [1.82, 2.24) is 0 Å². The number of ether oxygens (including phenoxy) is 3. The number of Topliss-reactive ketones (excluding diaryl/α,β-unsaturated/α-hetero) is 3. The Kier molecular flexibility index (Phi) is 5.01. The van der Waals surface area contributed by atoms with Gasteiger partial charge in [-0.05, 0) is 45.4 Å². The lowest BCUT2D eigenvalue weighted by Crippen LogP contribution is -2.38. The maximum Gasteiger partial charge on any atom is 0.188 e. The van der Waals surface area contributed by atoms with Crippen molar-refractivity contribution < 1.29 is 38.8 Å². The summed E-state index contributed by atoms with van der Waals surface area (Å²) in [6.07, 6.45) is 0.625. The Balaban J connectivity index is 1.62. The molecular weight excluding hydrogens is 452 g/mol. The molecule has 8 nitrogen and oxygen atoms in total. The number of aliphatic hydroxyl groups is 1. The predicted molar refractivity (Wildman–Crippen MR) is 124 cm³/mol. The number of rotatable bonds is 4. The summed E-state index contributed by atoms with van der Waals surface area (Å²) in [6.45, 7) is 6.71. The van der Waals surface area contributed by atoms with Gasteiger partial charge in [-0.3, -0.25) is 14.4 Å². The monoisotopic (exact) mass is 476 g/mol. The summed E-state index contributed by atoms with van der Waals surface area (Å²) in [7, 11) is 0. The van der Waals surface area contributed by atoms with Gasteiger partial charge in [0.2, 0.25) is 0 Å². The van der Waals surface area contributed by atoms with Gasteiger partial charge in [-0.15, -0.1) is 0 Å². The highest BCUT2D eigenvalue weighted by Gasteiger charge is 2.56. The summed E-state index contributed by atoms with van der Waals surface area (Å²) in [5, 5.41) is 21.5. The van der Waals surface area contributed by atoms with Crippen LogP contribution in [0.15, 0.2) is 47.4 Å². The van der Waals surface area contributed by atoms with Gasteiger partial charge in [-0.1, -0.05) is 12.1 Å². The van der Waals surface area contributed by atoms with E-state index in [-0.39, 0.29) is 57.5 Å². The maximum absolute atomic E-state index is 13.4. The van der Waals surface area contributed by atoms with Gasteiger partial charge in [0.1, 0.15) is 57.2 Å². The molecule has 2 N–H and O–H groups in total. The lowest BCUT2D eigenvalue weighted by atomic mass is 9.70. The Morgan fingerprint density at radius 2 is 1.86 bits per heavy atom. The molecule has 2 heterocycles. The van der Waals surface area contributed by atoms with Gasteiger partial charge in [-0.25, -0.2) is 0 Å². The van der Waals surface area contributed by atoms with E-state index in [2.05, 4.69) is 0 Å². The SMILES string of the molecule is CCOc1ccc(C2CC(=O)c3c(c(C)c(O)c4c3OC3=CC(O)=C(C(C)=O)C(=O)[C@]34C)O2)cc1. The van der Waals surface area contributed by atoms with Crippen molar-refractivity contribution in [3.05, 3.63) is 69.7 Å². The zero-order valence-corrected chi connectivity index (χ0v) is 19.7. The van der Waals surface area contributed by atoms with Crippen molar-refractivity contribution in [2.45, 2.75) is 45.6 Å². The first-order valence-corrected chi connectivity index (χ1v) is 11.3. The van der Waals surface area contributed by atoms with E-state index in [0.29, 0.717) is 12.4 Å². The summed E-state index contributed by atoms with van der Waals surface area (Å²) in [6, 6.07) is 7.25. The number of carbonyl (C=O) groups excluding carboxylic acids is 3. The van der Waals surface area contributed by atoms with E-state index in [1.54, 1.807) is 19.1 Å². The van der Waals surface area contributed by atoms with Crippen LogP contribution in [-0.2, 0) is 15.0 Å². The molecule has 0 aromatic heterocycles. The molecule has 8 heteroatoms. The Labute approximate surface area is 201 Å². The molecule has 180 valence electrons. The lowest BCUT2D eigenvalue weighted by molar-refractivity contribution is -0.123. The number of allylic oxidation sites excluding steroid dienone is 3. The standard InChI is InChI=1S/C27H24O8/c1-5-33-15-8-6-14(7-9-15)18-10-16(29)21-24(34-18)12(2)23(31)22-25(21)35-19-11-17(30)20(13(3)28)26(32)27(19,22)4/h6-9,11,18,30-31H,5,10H2,1-4H3/t18?,27-/m1/s1. The molecule has 5 rings (SSSR count). The largest absolute Gasteiger partial charge is 0.507 e. The van der Waals surface area contributed by atoms with Crippen molar-refractivity contribution in [3.8, 4) is 23.0 Å². The van der Waals surface area contributed by atoms with Crippen LogP contribution in [0.4, 0.5) is 0 Å². The second-order valence-electron chi connectivity index (χ2n) is 9.00.